The summed E-state index contributed by atoms with van der Waals surface area (Å²) in [5.74, 6) is -0.0583. The molecule has 5 N–H and O–H groups in total. The van der Waals surface area contributed by atoms with E-state index < -0.39 is 11.6 Å². The van der Waals surface area contributed by atoms with Gasteiger partial charge < -0.3 is 21.6 Å². The van der Waals surface area contributed by atoms with Crippen molar-refractivity contribution in [2.24, 2.45) is 10.9 Å². The fourth-order valence-corrected chi connectivity index (χ4v) is 1.71. The van der Waals surface area contributed by atoms with Crippen LogP contribution in [0, 0.1) is 6.92 Å². The largest absolute Gasteiger partial charge is 0.409 e. The Morgan fingerprint density at radius 2 is 2.20 bits per heavy atom. The first kappa shape index (κ1) is 16.1. The molecule has 1 aromatic carbocycles. The van der Waals surface area contributed by atoms with Crippen LogP contribution in [0.15, 0.2) is 23.4 Å². The Morgan fingerprint density at radius 1 is 1.55 bits per heavy atom. The molecule has 1 unspecified atom stereocenters. The van der Waals surface area contributed by atoms with Crippen LogP contribution in [0.4, 0.5) is 10.5 Å². The lowest BCUT2D eigenvalue weighted by molar-refractivity contribution is 0.244. The van der Waals surface area contributed by atoms with Crippen molar-refractivity contribution in [2.45, 2.75) is 32.7 Å². The molecule has 7 heteroatoms. The third-order valence-corrected chi connectivity index (χ3v) is 3.61. The molecule has 0 bridgehead atoms. The van der Waals surface area contributed by atoms with Crippen LogP contribution in [-0.4, -0.2) is 22.6 Å². The minimum Gasteiger partial charge on any atom is -0.409 e. The predicted molar refractivity (Wildman–Crippen MR) is 80.4 cm³/mol. The van der Waals surface area contributed by atoms with Crippen molar-refractivity contribution in [1.82, 2.24) is 5.32 Å². The average Bonchev–Trinajstić information content (AvgIpc) is 2.41. The van der Waals surface area contributed by atoms with Crippen molar-refractivity contribution in [3.63, 3.8) is 0 Å². The van der Waals surface area contributed by atoms with Crippen LogP contribution in [0.2, 0.25) is 5.02 Å². The van der Waals surface area contributed by atoms with Crippen molar-refractivity contribution < 1.29 is 10.0 Å². The highest BCUT2D eigenvalue weighted by Crippen LogP contribution is 2.20. The van der Waals surface area contributed by atoms with Gasteiger partial charge in [-0.05, 0) is 38.0 Å². The molecule has 2 amide bonds. The number of hydrogen-bond donors (Lipinski definition) is 4. The van der Waals surface area contributed by atoms with Crippen LogP contribution in [0.25, 0.3) is 0 Å². The van der Waals surface area contributed by atoms with E-state index in [0.29, 0.717) is 17.1 Å². The van der Waals surface area contributed by atoms with Gasteiger partial charge in [0.05, 0.1) is 5.54 Å². The highest BCUT2D eigenvalue weighted by atomic mass is 35.5. The summed E-state index contributed by atoms with van der Waals surface area (Å²) in [6.07, 6.45) is 0.477. The molecule has 0 aromatic heterocycles. The van der Waals surface area contributed by atoms with Gasteiger partial charge in [0.1, 0.15) is 0 Å². The molecule has 0 heterocycles. The molecule has 0 aliphatic carbocycles. The normalized spacial score (nSPS) is 14.5. The van der Waals surface area contributed by atoms with E-state index in [-0.39, 0.29) is 5.84 Å². The minimum absolute atomic E-state index is 0.0583. The SMILES string of the molecule is CCC(C)(NC(=O)Nc1ccc(C)c(Cl)c1)/C(N)=N/O. The number of aryl methyl sites for hydroxylation is 1. The van der Waals surface area contributed by atoms with Gasteiger partial charge in [-0.3, -0.25) is 0 Å². The molecule has 0 fully saturated rings. The lowest BCUT2D eigenvalue weighted by Gasteiger charge is -2.28. The van der Waals surface area contributed by atoms with E-state index in [1.807, 2.05) is 13.8 Å². The molecule has 1 atom stereocenters. The number of oxime groups is 1. The molecule has 0 aliphatic rings. The maximum Gasteiger partial charge on any atom is 0.320 e. The molecule has 1 rings (SSSR count). The molecule has 6 nitrogen and oxygen atoms in total. The second-order valence-corrected chi connectivity index (χ2v) is 5.12. The molecule has 0 aliphatic heterocycles. The number of halogens is 1. The zero-order valence-corrected chi connectivity index (χ0v) is 12.5. The summed E-state index contributed by atoms with van der Waals surface area (Å²) < 4.78 is 0. The van der Waals surface area contributed by atoms with Gasteiger partial charge in [0, 0.05) is 10.7 Å². The predicted octanol–water partition coefficient (Wildman–Crippen LogP) is 2.69. The molecule has 20 heavy (non-hydrogen) atoms. The molecule has 110 valence electrons. The highest BCUT2D eigenvalue weighted by Gasteiger charge is 2.29. The minimum atomic E-state index is -0.923. The van der Waals surface area contributed by atoms with Crippen LogP contribution in [0.3, 0.4) is 0 Å². The van der Waals surface area contributed by atoms with Gasteiger partial charge in [-0.2, -0.15) is 0 Å². The first-order valence-electron chi connectivity index (χ1n) is 6.15. The Hall–Kier alpha value is -1.95. The van der Waals surface area contributed by atoms with E-state index in [0.717, 1.165) is 5.56 Å². The molecule has 0 spiro atoms. The summed E-state index contributed by atoms with van der Waals surface area (Å²) in [5.41, 5.74) is 6.15. The maximum atomic E-state index is 11.9. The second-order valence-electron chi connectivity index (χ2n) is 4.71. The van der Waals surface area contributed by atoms with Gasteiger partial charge in [0.25, 0.3) is 0 Å². The smallest absolute Gasteiger partial charge is 0.320 e. The highest BCUT2D eigenvalue weighted by molar-refractivity contribution is 6.31. The Balaban J connectivity index is 2.79. The first-order chi connectivity index (χ1) is 9.32. The zero-order chi connectivity index (χ0) is 15.3. The van der Waals surface area contributed by atoms with Gasteiger partial charge >= 0.3 is 6.03 Å². The van der Waals surface area contributed by atoms with E-state index in [4.69, 9.17) is 22.5 Å². The quantitative estimate of drug-likeness (QED) is 0.297. The van der Waals surface area contributed by atoms with Gasteiger partial charge in [-0.1, -0.05) is 29.7 Å². The molecule has 0 saturated heterocycles. The van der Waals surface area contributed by atoms with Crippen molar-refractivity contribution in [3.8, 4) is 0 Å². The molecular formula is C13H19ClN4O2. The van der Waals surface area contributed by atoms with E-state index in [9.17, 15) is 4.79 Å². The number of hydrogen-bond acceptors (Lipinski definition) is 3. The maximum absolute atomic E-state index is 11.9. The number of amides is 2. The number of anilines is 1. The number of urea groups is 1. The fraction of sp³-hybridized carbons (Fsp3) is 0.385. The molecule has 0 saturated carbocycles. The van der Waals surface area contributed by atoms with Crippen molar-refractivity contribution in [3.05, 3.63) is 28.8 Å². The Bertz CT molecular complexity index is 533. The summed E-state index contributed by atoms with van der Waals surface area (Å²) >= 11 is 5.99. The Labute approximate surface area is 123 Å². The van der Waals surface area contributed by atoms with Crippen LogP contribution >= 0.6 is 11.6 Å². The third-order valence-electron chi connectivity index (χ3n) is 3.20. The summed E-state index contributed by atoms with van der Waals surface area (Å²) in [5, 5.41) is 17.6. The monoisotopic (exact) mass is 298 g/mol. The molecular weight excluding hydrogens is 280 g/mol. The number of benzene rings is 1. The van der Waals surface area contributed by atoms with Crippen LogP contribution in [0.5, 0.6) is 0 Å². The van der Waals surface area contributed by atoms with Crippen molar-refractivity contribution in [1.29, 1.82) is 0 Å². The average molecular weight is 299 g/mol. The summed E-state index contributed by atoms with van der Waals surface area (Å²) in [6.45, 7) is 5.36. The van der Waals surface area contributed by atoms with Crippen molar-refractivity contribution >= 4 is 29.2 Å². The van der Waals surface area contributed by atoms with Gasteiger partial charge in [-0.15, -0.1) is 0 Å². The lowest BCUT2D eigenvalue weighted by Crippen LogP contribution is -2.56. The van der Waals surface area contributed by atoms with Crippen LogP contribution in [0.1, 0.15) is 25.8 Å². The van der Waals surface area contributed by atoms with Gasteiger partial charge in [0.2, 0.25) is 0 Å². The number of nitrogens with zero attached hydrogens (tertiary/aromatic N) is 1. The Morgan fingerprint density at radius 3 is 2.70 bits per heavy atom. The Kier molecular flexibility index (Phi) is 5.21. The van der Waals surface area contributed by atoms with E-state index >= 15 is 0 Å². The third kappa shape index (κ3) is 3.77. The number of amidine groups is 1. The van der Waals surface area contributed by atoms with Crippen LogP contribution in [-0.2, 0) is 0 Å². The molecule has 1 aromatic rings. The lowest BCUT2D eigenvalue weighted by atomic mass is 9.98. The summed E-state index contributed by atoms with van der Waals surface area (Å²) in [4.78, 5) is 11.9. The molecule has 0 radical (unpaired) electrons. The number of carbonyl (C=O) groups excluding carboxylic acids is 1. The number of carbonyl (C=O) groups is 1. The standard InChI is InChI=1S/C13H19ClN4O2/c1-4-13(3,11(15)18-20)17-12(19)16-9-6-5-8(2)10(14)7-9/h5-7,20H,4H2,1-3H3,(H2,15,18)(H2,16,17,19). The van der Waals surface area contributed by atoms with Crippen LogP contribution < -0.4 is 16.4 Å². The number of nitrogens with one attached hydrogen (secondary N) is 2. The zero-order valence-electron chi connectivity index (χ0n) is 11.7. The van der Waals surface area contributed by atoms with Gasteiger partial charge in [0.15, 0.2) is 5.84 Å². The topological polar surface area (TPSA) is 99.7 Å². The van der Waals surface area contributed by atoms with Crippen molar-refractivity contribution in [2.75, 3.05) is 5.32 Å². The number of nitrogens with two attached hydrogens (primary N) is 1. The van der Waals surface area contributed by atoms with E-state index in [1.54, 1.807) is 25.1 Å². The second kappa shape index (κ2) is 6.47. The number of rotatable bonds is 4. The van der Waals surface area contributed by atoms with E-state index in [1.165, 1.54) is 0 Å². The van der Waals surface area contributed by atoms with Gasteiger partial charge in [-0.25, -0.2) is 4.79 Å². The van der Waals surface area contributed by atoms with E-state index in [2.05, 4.69) is 15.8 Å². The fourth-order valence-electron chi connectivity index (χ4n) is 1.53. The first-order valence-corrected chi connectivity index (χ1v) is 6.53. The summed E-state index contributed by atoms with van der Waals surface area (Å²) in [6, 6.07) is 4.75. The summed E-state index contributed by atoms with van der Waals surface area (Å²) in [7, 11) is 0.